The average Bonchev–Trinajstić information content (AvgIpc) is 2.93. The summed E-state index contributed by atoms with van der Waals surface area (Å²) < 4.78 is 0.924. The Morgan fingerprint density at radius 3 is 2.15 bits per heavy atom. The van der Waals surface area contributed by atoms with Gasteiger partial charge < -0.3 is 9.80 Å². The molecule has 2 aliphatic rings. The molecule has 8 heteroatoms. The van der Waals surface area contributed by atoms with Crippen LogP contribution in [-0.2, 0) is 14.4 Å². The molecule has 2 fully saturated rings. The summed E-state index contributed by atoms with van der Waals surface area (Å²) in [7, 11) is 0. The largest absolute Gasteiger partial charge is 0.338 e. The summed E-state index contributed by atoms with van der Waals surface area (Å²) in [4.78, 5) is 52.7. The zero-order valence-electron chi connectivity index (χ0n) is 14.5. The highest BCUT2D eigenvalue weighted by Crippen LogP contribution is 2.18. The molecule has 1 aromatic rings. The second kappa shape index (κ2) is 7.57. The molecule has 0 atom stereocenters. The molecule has 0 radical (unpaired) electrons. The minimum absolute atomic E-state index is 0.0491. The van der Waals surface area contributed by atoms with Crippen LogP contribution < -0.4 is 0 Å². The fourth-order valence-electron chi connectivity index (χ4n) is 3.23. The zero-order chi connectivity index (χ0) is 18.8. The molecule has 2 heterocycles. The monoisotopic (exact) mass is 421 g/mol. The van der Waals surface area contributed by atoms with Gasteiger partial charge in [-0.05, 0) is 30.7 Å². The number of halogens is 1. The second-order valence-electron chi connectivity index (χ2n) is 6.51. The van der Waals surface area contributed by atoms with Gasteiger partial charge in [-0.25, -0.2) is 0 Å². The van der Waals surface area contributed by atoms with Crippen LogP contribution in [-0.4, -0.2) is 71.1 Å². The van der Waals surface area contributed by atoms with Gasteiger partial charge >= 0.3 is 0 Å². The number of imide groups is 1. The number of nitrogens with zero attached hydrogens (tertiary/aromatic N) is 3. The highest BCUT2D eigenvalue weighted by atomic mass is 79.9. The highest BCUT2D eigenvalue weighted by Gasteiger charge is 2.33. The van der Waals surface area contributed by atoms with E-state index in [0.29, 0.717) is 31.7 Å². The van der Waals surface area contributed by atoms with E-state index in [1.165, 1.54) is 0 Å². The first-order chi connectivity index (χ1) is 12.4. The van der Waals surface area contributed by atoms with E-state index in [-0.39, 0.29) is 43.0 Å². The molecule has 1 aromatic carbocycles. The molecule has 26 heavy (non-hydrogen) atoms. The van der Waals surface area contributed by atoms with Gasteiger partial charge in [0.25, 0.3) is 5.91 Å². The van der Waals surface area contributed by atoms with E-state index in [1.54, 1.807) is 15.9 Å². The lowest BCUT2D eigenvalue weighted by atomic mass is 10.1. The molecule has 3 rings (SSSR count). The fourth-order valence-corrected chi connectivity index (χ4v) is 3.71. The van der Waals surface area contributed by atoms with Crippen molar-refractivity contribution in [3.63, 3.8) is 0 Å². The van der Waals surface area contributed by atoms with Crippen LogP contribution in [0.1, 0.15) is 28.8 Å². The summed E-state index contributed by atoms with van der Waals surface area (Å²) in [5.41, 5.74) is 1.55. The Morgan fingerprint density at radius 1 is 1.00 bits per heavy atom. The molecule has 0 aromatic heterocycles. The lowest BCUT2D eigenvalue weighted by Gasteiger charge is -2.35. The van der Waals surface area contributed by atoms with Crippen molar-refractivity contribution in [2.24, 2.45) is 0 Å². The van der Waals surface area contributed by atoms with Crippen molar-refractivity contribution in [2.45, 2.75) is 19.8 Å². The van der Waals surface area contributed by atoms with E-state index in [9.17, 15) is 19.2 Å². The standard InChI is InChI=1S/C18H20BrN3O4/c1-12-10-13(19)2-3-14(12)18(26)21-8-6-20(7-9-21)17(25)11-22-15(23)4-5-16(22)24/h2-3,10H,4-9,11H2,1H3. The predicted octanol–water partition coefficient (Wildman–Crippen LogP) is 1.19. The van der Waals surface area contributed by atoms with Crippen LogP contribution in [0.15, 0.2) is 22.7 Å². The van der Waals surface area contributed by atoms with Gasteiger partial charge in [-0.3, -0.25) is 24.1 Å². The first-order valence-electron chi connectivity index (χ1n) is 8.53. The third kappa shape index (κ3) is 3.80. The summed E-state index contributed by atoms with van der Waals surface area (Å²) in [5.74, 6) is -0.877. The summed E-state index contributed by atoms with van der Waals surface area (Å²) in [6.45, 7) is 3.36. The van der Waals surface area contributed by atoms with Gasteiger partial charge in [0.1, 0.15) is 6.54 Å². The minimum atomic E-state index is -0.289. The van der Waals surface area contributed by atoms with Crippen LogP contribution in [0.25, 0.3) is 0 Å². The maximum absolute atomic E-state index is 12.7. The van der Waals surface area contributed by atoms with Crippen molar-refractivity contribution in [3.05, 3.63) is 33.8 Å². The molecule has 0 saturated carbocycles. The Kier molecular flexibility index (Phi) is 5.41. The average molecular weight is 422 g/mol. The number of benzene rings is 1. The fraction of sp³-hybridized carbons (Fsp3) is 0.444. The molecule has 0 aliphatic carbocycles. The van der Waals surface area contributed by atoms with Crippen molar-refractivity contribution < 1.29 is 19.2 Å². The molecule has 7 nitrogen and oxygen atoms in total. The second-order valence-corrected chi connectivity index (χ2v) is 7.42. The van der Waals surface area contributed by atoms with Gasteiger partial charge in [0.05, 0.1) is 0 Å². The van der Waals surface area contributed by atoms with E-state index in [0.717, 1.165) is 14.9 Å². The predicted molar refractivity (Wildman–Crippen MR) is 97.3 cm³/mol. The van der Waals surface area contributed by atoms with Gasteiger partial charge in [0.15, 0.2) is 0 Å². The number of hydrogen-bond acceptors (Lipinski definition) is 4. The molecule has 138 valence electrons. The minimum Gasteiger partial charge on any atom is -0.338 e. The quantitative estimate of drug-likeness (QED) is 0.686. The van der Waals surface area contributed by atoms with Crippen LogP contribution in [0, 0.1) is 6.92 Å². The summed E-state index contributed by atoms with van der Waals surface area (Å²) >= 11 is 3.39. The Hall–Kier alpha value is -2.22. The number of carbonyl (C=O) groups excluding carboxylic acids is 4. The molecule has 2 saturated heterocycles. The Bertz CT molecular complexity index is 756. The molecule has 0 unspecified atom stereocenters. The van der Waals surface area contributed by atoms with Crippen molar-refractivity contribution >= 4 is 39.6 Å². The lowest BCUT2D eigenvalue weighted by Crippen LogP contribution is -2.53. The van der Waals surface area contributed by atoms with Crippen LogP contribution in [0.4, 0.5) is 0 Å². The molecule has 2 aliphatic heterocycles. The SMILES string of the molecule is Cc1cc(Br)ccc1C(=O)N1CCN(C(=O)CN2C(=O)CCC2=O)CC1. The topological polar surface area (TPSA) is 78.0 Å². The third-order valence-corrected chi connectivity index (χ3v) is 5.28. The molecular formula is C18H20BrN3O4. The van der Waals surface area contributed by atoms with Crippen molar-refractivity contribution in [1.82, 2.24) is 14.7 Å². The van der Waals surface area contributed by atoms with Gasteiger partial charge in [0.2, 0.25) is 17.7 Å². The smallest absolute Gasteiger partial charge is 0.254 e. The van der Waals surface area contributed by atoms with E-state index >= 15 is 0 Å². The number of carbonyl (C=O) groups is 4. The maximum atomic E-state index is 12.7. The Morgan fingerprint density at radius 2 is 1.58 bits per heavy atom. The van der Waals surface area contributed by atoms with E-state index in [2.05, 4.69) is 15.9 Å². The van der Waals surface area contributed by atoms with Crippen LogP contribution in [0.2, 0.25) is 0 Å². The molecular weight excluding hydrogens is 402 g/mol. The Labute approximate surface area is 160 Å². The molecule has 0 bridgehead atoms. The number of hydrogen-bond donors (Lipinski definition) is 0. The first-order valence-corrected chi connectivity index (χ1v) is 9.32. The van der Waals surface area contributed by atoms with Crippen LogP contribution in [0.3, 0.4) is 0 Å². The number of aryl methyl sites for hydroxylation is 1. The highest BCUT2D eigenvalue weighted by molar-refractivity contribution is 9.10. The normalized spacial score (nSPS) is 17.8. The van der Waals surface area contributed by atoms with Gasteiger partial charge in [-0.1, -0.05) is 15.9 Å². The van der Waals surface area contributed by atoms with E-state index in [1.807, 2.05) is 19.1 Å². The van der Waals surface area contributed by atoms with Gasteiger partial charge in [-0.2, -0.15) is 0 Å². The maximum Gasteiger partial charge on any atom is 0.254 e. The van der Waals surface area contributed by atoms with Crippen molar-refractivity contribution in [3.8, 4) is 0 Å². The lowest BCUT2D eigenvalue weighted by molar-refractivity contribution is -0.146. The van der Waals surface area contributed by atoms with Crippen molar-refractivity contribution in [2.75, 3.05) is 32.7 Å². The van der Waals surface area contributed by atoms with E-state index < -0.39 is 0 Å². The molecule has 0 N–H and O–H groups in total. The van der Waals surface area contributed by atoms with E-state index in [4.69, 9.17) is 0 Å². The van der Waals surface area contributed by atoms with Crippen LogP contribution in [0.5, 0.6) is 0 Å². The van der Waals surface area contributed by atoms with Crippen LogP contribution >= 0.6 is 15.9 Å². The summed E-state index contributed by atoms with van der Waals surface area (Å²) in [6.07, 6.45) is 0.363. The summed E-state index contributed by atoms with van der Waals surface area (Å²) in [6, 6.07) is 5.53. The van der Waals surface area contributed by atoms with Gasteiger partial charge in [0, 0.05) is 49.1 Å². The number of likely N-dealkylation sites (tertiary alicyclic amines) is 1. The van der Waals surface area contributed by atoms with Gasteiger partial charge in [-0.15, -0.1) is 0 Å². The van der Waals surface area contributed by atoms with Crippen molar-refractivity contribution in [1.29, 1.82) is 0 Å². The summed E-state index contributed by atoms with van der Waals surface area (Å²) in [5, 5.41) is 0. The first kappa shape index (κ1) is 18.6. The number of piperazine rings is 1. The molecule has 4 amide bonds. The number of amides is 4. The zero-order valence-corrected chi connectivity index (χ0v) is 16.1. The third-order valence-electron chi connectivity index (χ3n) is 4.79. The number of rotatable bonds is 3. The Balaban J connectivity index is 1.57. The molecule has 0 spiro atoms.